The van der Waals surface area contributed by atoms with Crippen LogP contribution in [-0.4, -0.2) is 41.0 Å². The van der Waals surface area contributed by atoms with Crippen molar-refractivity contribution in [1.82, 2.24) is 15.2 Å². The van der Waals surface area contributed by atoms with Crippen LogP contribution in [0, 0.1) is 0 Å². The Morgan fingerprint density at radius 1 is 1.47 bits per heavy atom. The summed E-state index contributed by atoms with van der Waals surface area (Å²) in [4.78, 5) is 18.9. The summed E-state index contributed by atoms with van der Waals surface area (Å²) in [7, 11) is 0. The van der Waals surface area contributed by atoms with Crippen LogP contribution in [0.4, 0.5) is 0 Å². The zero-order valence-electron chi connectivity index (χ0n) is 11.0. The molecule has 6 heteroatoms. The number of rotatable bonds is 3. The quantitative estimate of drug-likeness (QED) is 0.865. The van der Waals surface area contributed by atoms with Gasteiger partial charge >= 0.3 is 0 Å². The molecule has 0 radical (unpaired) electrons. The highest BCUT2D eigenvalue weighted by Gasteiger charge is 2.36. The van der Waals surface area contributed by atoms with Crippen molar-refractivity contribution in [2.75, 3.05) is 13.1 Å². The third-order valence-corrected chi connectivity index (χ3v) is 5.00. The van der Waals surface area contributed by atoms with Crippen LogP contribution in [0.1, 0.15) is 41.2 Å². The second-order valence-electron chi connectivity index (χ2n) is 5.30. The van der Waals surface area contributed by atoms with E-state index in [1.165, 1.54) is 37.1 Å². The fourth-order valence-electron chi connectivity index (χ4n) is 3.17. The fourth-order valence-corrected chi connectivity index (χ4v) is 3.82. The van der Waals surface area contributed by atoms with Gasteiger partial charge in [0.25, 0.3) is 5.91 Å². The Bertz CT molecular complexity index is 461. The summed E-state index contributed by atoms with van der Waals surface area (Å²) in [5.41, 5.74) is 6.04. The third kappa shape index (κ3) is 2.66. The topological polar surface area (TPSA) is 71.2 Å². The number of nitrogens with zero attached hydrogens (tertiary/aromatic N) is 2. The Balaban J connectivity index is 1.63. The van der Waals surface area contributed by atoms with Gasteiger partial charge in [-0.25, -0.2) is 4.98 Å². The highest BCUT2D eigenvalue weighted by atomic mass is 32.1. The van der Waals surface area contributed by atoms with Crippen LogP contribution in [0.15, 0.2) is 5.38 Å². The SMILES string of the molecule is NCc1nc(C(=O)NC2CCN3CCCCC23)cs1. The van der Waals surface area contributed by atoms with Crippen molar-refractivity contribution in [3.8, 4) is 0 Å². The second kappa shape index (κ2) is 5.56. The number of aromatic nitrogens is 1. The number of amides is 1. The standard InChI is InChI=1S/C13H20N4OS/c14-7-12-15-10(8-19-12)13(18)16-9-4-6-17-5-2-1-3-11(9)17/h8-9,11H,1-7,14H2,(H,16,18). The molecule has 3 heterocycles. The van der Waals surface area contributed by atoms with E-state index in [0.29, 0.717) is 18.3 Å². The summed E-state index contributed by atoms with van der Waals surface area (Å²) in [6, 6.07) is 0.821. The van der Waals surface area contributed by atoms with Crippen molar-refractivity contribution in [3.05, 3.63) is 16.1 Å². The molecular formula is C13H20N4OS. The van der Waals surface area contributed by atoms with E-state index in [4.69, 9.17) is 5.73 Å². The maximum atomic E-state index is 12.2. The summed E-state index contributed by atoms with van der Waals surface area (Å²) in [6.45, 7) is 2.70. The Morgan fingerprint density at radius 3 is 3.16 bits per heavy atom. The molecule has 2 fully saturated rings. The molecule has 0 bridgehead atoms. The maximum absolute atomic E-state index is 12.2. The number of hydrogen-bond acceptors (Lipinski definition) is 5. The lowest BCUT2D eigenvalue weighted by Crippen LogP contribution is -2.46. The molecule has 2 saturated heterocycles. The van der Waals surface area contributed by atoms with E-state index in [0.717, 1.165) is 18.0 Å². The Labute approximate surface area is 117 Å². The first-order valence-corrected chi connectivity index (χ1v) is 7.85. The van der Waals surface area contributed by atoms with Crippen LogP contribution in [0.3, 0.4) is 0 Å². The van der Waals surface area contributed by atoms with Gasteiger partial charge in [0, 0.05) is 30.6 Å². The molecule has 19 heavy (non-hydrogen) atoms. The van der Waals surface area contributed by atoms with Gasteiger partial charge < -0.3 is 11.1 Å². The maximum Gasteiger partial charge on any atom is 0.271 e. The molecule has 2 aliphatic heterocycles. The number of thiazole rings is 1. The fraction of sp³-hybridized carbons (Fsp3) is 0.692. The number of carbonyl (C=O) groups excluding carboxylic acids is 1. The molecular weight excluding hydrogens is 260 g/mol. The zero-order chi connectivity index (χ0) is 13.2. The second-order valence-corrected chi connectivity index (χ2v) is 6.24. The minimum absolute atomic E-state index is 0.0478. The Hall–Kier alpha value is -0.980. The highest BCUT2D eigenvalue weighted by molar-refractivity contribution is 7.09. The number of fused-ring (bicyclic) bond motifs is 1. The van der Waals surface area contributed by atoms with Gasteiger partial charge in [0.05, 0.1) is 0 Å². The molecule has 2 atom stereocenters. The van der Waals surface area contributed by atoms with E-state index in [2.05, 4.69) is 15.2 Å². The summed E-state index contributed by atoms with van der Waals surface area (Å²) < 4.78 is 0. The normalized spacial score (nSPS) is 27.2. The van der Waals surface area contributed by atoms with Crippen molar-refractivity contribution < 1.29 is 4.79 Å². The largest absolute Gasteiger partial charge is 0.346 e. The van der Waals surface area contributed by atoms with Gasteiger partial charge in [0.1, 0.15) is 10.7 Å². The lowest BCUT2D eigenvalue weighted by Gasteiger charge is -2.32. The van der Waals surface area contributed by atoms with Crippen LogP contribution in [0.5, 0.6) is 0 Å². The predicted molar refractivity (Wildman–Crippen MR) is 75.1 cm³/mol. The van der Waals surface area contributed by atoms with E-state index >= 15 is 0 Å². The minimum Gasteiger partial charge on any atom is -0.346 e. The van der Waals surface area contributed by atoms with E-state index in [1.54, 1.807) is 5.38 Å². The molecule has 2 unspecified atom stereocenters. The Morgan fingerprint density at radius 2 is 2.37 bits per heavy atom. The molecule has 3 rings (SSSR count). The zero-order valence-corrected chi connectivity index (χ0v) is 11.8. The van der Waals surface area contributed by atoms with Crippen molar-refractivity contribution in [1.29, 1.82) is 0 Å². The van der Waals surface area contributed by atoms with Gasteiger partial charge in [-0.1, -0.05) is 6.42 Å². The monoisotopic (exact) mass is 280 g/mol. The predicted octanol–water partition coefficient (Wildman–Crippen LogP) is 0.958. The number of nitrogens with one attached hydrogen (secondary N) is 1. The first-order valence-electron chi connectivity index (χ1n) is 6.97. The van der Waals surface area contributed by atoms with Gasteiger partial charge in [-0.15, -0.1) is 11.3 Å². The summed E-state index contributed by atoms with van der Waals surface area (Å²) >= 11 is 1.45. The van der Waals surface area contributed by atoms with E-state index in [-0.39, 0.29) is 11.9 Å². The average Bonchev–Trinajstić information content (AvgIpc) is 3.06. The van der Waals surface area contributed by atoms with Gasteiger partial charge in [-0.3, -0.25) is 9.69 Å². The van der Waals surface area contributed by atoms with Crippen LogP contribution in [0.2, 0.25) is 0 Å². The Kier molecular flexibility index (Phi) is 3.81. The van der Waals surface area contributed by atoms with Crippen LogP contribution in [-0.2, 0) is 6.54 Å². The molecule has 5 nitrogen and oxygen atoms in total. The van der Waals surface area contributed by atoms with Crippen molar-refractivity contribution in [2.45, 2.75) is 44.3 Å². The van der Waals surface area contributed by atoms with Crippen molar-refractivity contribution in [2.24, 2.45) is 5.73 Å². The van der Waals surface area contributed by atoms with Gasteiger partial charge in [-0.2, -0.15) is 0 Å². The van der Waals surface area contributed by atoms with Gasteiger partial charge in [0.15, 0.2) is 0 Å². The molecule has 0 saturated carbocycles. The van der Waals surface area contributed by atoms with E-state index < -0.39 is 0 Å². The number of piperidine rings is 1. The lowest BCUT2D eigenvalue weighted by molar-refractivity contribution is 0.0911. The molecule has 3 N–H and O–H groups in total. The molecule has 0 spiro atoms. The smallest absolute Gasteiger partial charge is 0.271 e. The molecule has 1 aromatic heterocycles. The highest BCUT2D eigenvalue weighted by Crippen LogP contribution is 2.27. The first kappa shape index (κ1) is 13.0. The van der Waals surface area contributed by atoms with Crippen molar-refractivity contribution >= 4 is 17.2 Å². The average molecular weight is 280 g/mol. The van der Waals surface area contributed by atoms with Gasteiger partial charge in [-0.05, 0) is 25.8 Å². The molecule has 1 amide bonds. The first-order chi connectivity index (χ1) is 9.28. The summed E-state index contributed by atoms with van der Waals surface area (Å²) in [5, 5.41) is 5.77. The summed E-state index contributed by atoms with van der Waals surface area (Å²) in [5.74, 6) is -0.0478. The number of nitrogens with two attached hydrogens (primary N) is 1. The van der Waals surface area contributed by atoms with E-state index in [1.807, 2.05) is 0 Å². The number of hydrogen-bond donors (Lipinski definition) is 2. The van der Waals surface area contributed by atoms with Gasteiger partial charge in [0.2, 0.25) is 0 Å². The molecule has 104 valence electrons. The third-order valence-electron chi connectivity index (χ3n) is 4.13. The lowest BCUT2D eigenvalue weighted by atomic mass is 9.99. The number of carbonyl (C=O) groups is 1. The molecule has 0 aromatic carbocycles. The van der Waals surface area contributed by atoms with E-state index in [9.17, 15) is 4.79 Å². The minimum atomic E-state index is -0.0478. The molecule has 2 aliphatic rings. The molecule has 1 aromatic rings. The summed E-state index contributed by atoms with van der Waals surface area (Å²) in [6.07, 6.45) is 4.84. The van der Waals surface area contributed by atoms with Crippen molar-refractivity contribution in [3.63, 3.8) is 0 Å². The van der Waals surface area contributed by atoms with Crippen LogP contribution >= 0.6 is 11.3 Å². The van der Waals surface area contributed by atoms with Crippen LogP contribution < -0.4 is 11.1 Å². The van der Waals surface area contributed by atoms with Crippen LogP contribution in [0.25, 0.3) is 0 Å². The molecule has 0 aliphatic carbocycles.